The molecular weight excluding hydrogens is 507 g/mol. The molecule has 0 spiro atoms. The Hall–Kier alpha value is -4.02. The maximum Gasteiger partial charge on any atom is 0.416 e. The van der Waals surface area contributed by atoms with E-state index in [0.717, 1.165) is 34.9 Å². The summed E-state index contributed by atoms with van der Waals surface area (Å²) in [5.41, 5.74) is -4.10. The van der Waals surface area contributed by atoms with E-state index in [1.54, 1.807) is 0 Å². The van der Waals surface area contributed by atoms with E-state index < -0.39 is 59.4 Å². The summed E-state index contributed by atoms with van der Waals surface area (Å²) in [6, 6.07) is 6.51. The molecule has 0 saturated carbocycles. The van der Waals surface area contributed by atoms with Crippen LogP contribution in [0.5, 0.6) is 0 Å². The van der Waals surface area contributed by atoms with Crippen molar-refractivity contribution in [3.63, 3.8) is 0 Å². The molecule has 0 bridgehead atoms. The second-order valence-electron chi connectivity index (χ2n) is 7.61. The Morgan fingerprint density at radius 3 is 2.25 bits per heavy atom. The van der Waals surface area contributed by atoms with E-state index >= 15 is 0 Å². The molecule has 0 aliphatic carbocycles. The lowest BCUT2D eigenvalue weighted by Crippen LogP contribution is -2.16. The molecule has 4 aromatic rings. The topological polar surface area (TPSA) is 48.2 Å². The Bertz CT molecular complexity index is 1470. The lowest BCUT2D eigenvalue weighted by molar-refractivity contribution is -0.137. The normalized spacial score (nSPS) is 12.8. The van der Waals surface area contributed by atoms with Gasteiger partial charge in [0.1, 0.15) is 0 Å². The van der Waals surface area contributed by atoms with E-state index in [2.05, 4.69) is 15.0 Å². The van der Waals surface area contributed by atoms with Crippen LogP contribution in [0.3, 0.4) is 0 Å². The van der Waals surface area contributed by atoms with Crippen LogP contribution in [-0.4, -0.2) is 20.9 Å². The molecule has 36 heavy (non-hydrogen) atoms. The predicted molar refractivity (Wildman–Crippen MR) is 107 cm³/mol. The highest BCUT2D eigenvalue weighted by Gasteiger charge is 2.38. The molecule has 188 valence electrons. The summed E-state index contributed by atoms with van der Waals surface area (Å²) in [6.45, 7) is 6.42. The van der Waals surface area contributed by atoms with Crippen molar-refractivity contribution in [2.24, 2.45) is 0 Å². The van der Waals surface area contributed by atoms with Gasteiger partial charge in [-0.3, -0.25) is 0 Å². The van der Waals surface area contributed by atoms with Gasteiger partial charge in [0.15, 0.2) is 11.5 Å². The largest absolute Gasteiger partial charge is 0.416 e. The average Bonchev–Trinajstić information content (AvgIpc) is 3.36. The molecule has 4 rings (SSSR count). The van der Waals surface area contributed by atoms with Crippen molar-refractivity contribution in [2.75, 3.05) is 0 Å². The highest BCUT2D eigenvalue weighted by atomic mass is 19.4. The molecule has 2 heterocycles. The zero-order valence-corrected chi connectivity index (χ0v) is 17.6. The zero-order valence-electron chi connectivity index (χ0n) is 17.6. The number of hydrogen-bond donors (Lipinski definition) is 0. The Balaban J connectivity index is 1.81. The summed E-state index contributed by atoms with van der Waals surface area (Å²) in [6.07, 6.45) is -16.1. The molecular formula is C22H11F9N4O. The standard InChI is InChI=1S/C22H11F9N4O/c1-32-15-5-6-16-14(18(15)22(29,30)31)8-13(9-20(23,24)25)35(16)10-17-33-19(36-34-17)11-3-2-4-12(7-11)21(26,27)28/h2-8H,9-10H2. The molecule has 0 aliphatic rings. The molecule has 2 aromatic heterocycles. The van der Waals surface area contributed by atoms with Gasteiger partial charge in [-0.15, -0.1) is 0 Å². The van der Waals surface area contributed by atoms with Crippen LogP contribution in [0.1, 0.15) is 22.6 Å². The smallest absolute Gasteiger partial charge is 0.337 e. The fourth-order valence-electron chi connectivity index (χ4n) is 3.71. The molecule has 2 aromatic carbocycles. The van der Waals surface area contributed by atoms with Gasteiger partial charge in [-0.1, -0.05) is 17.3 Å². The van der Waals surface area contributed by atoms with Gasteiger partial charge in [0.05, 0.1) is 30.7 Å². The summed E-state index contributed by atoms with van der Waals surface area (Å²) in [4.78, 5) is 6.73. The van der Waals surface area contributed by atoms with Crippen molar-refractivity contribution in [1.29, 1.82) is 0 Å². The first-order chi connectivity index (χ1) is 16.7. The fourth-order valence-corrected chi connectivity index (χ4v) is 3.71. The molecule has 0 unspecified atom stereocenters. The van der Waals surface area contributed by atoms with E-state index in [1.807, 2.05) is 0 Å². The first-order valence-electron chi connectivity index (χ1n) is 9.84. The van der Waals surface area contributed by atoms with Crippen LogP contribution < -0.4 is 0 Å². The third-order valence-corrected chi connectivity index (χ3v) is 5.14. The van der Waals surface area contributed by atoms with Crippen molar-refractivity contribution in [1.82, 2.24) is 14.7 Å². The van der Waals surface area contributed by atoms with Crippen LogP contribution in [0.2, 0.25) is 0 Å². The Kier molecular flexibility index (Phi) is 5.98. The van der Waals surface area contributed by atoms with Crippen molar-refractivity contribution >= 4 is 16.6 Å². The summed E-state index contributed by atoms with van der Waals surface area (Å²) < 4.78 is 125. The summed E-state index contributed by atoms with van der Waals surface area (Å²) in [7, 11) is 0. The van der Waals surface area contributed by atoms with Crippen molar-refractivity contribution < 1.29 is 44.0 Å². The van der Waals surface area contributed by atoms with E-state index in [1.165, 1.54) is 6.07 Å². The van der Waals surface area contributed by atoms with Crippen LogP contribution >= 0.6 is 0 Å². The highest BCUT2D eigenvalue weighted by molar-refractivity contribution is 5.90. The Labute approximate surface area is 195 Å². The Morgan fingerprint density at radius 2 is 1.64 bits per heavy atom. The lowest BCUT2D eigenvalue weighted by Gasteiger charge is -2.12. The third kappa shape index (κ3) is 5.00. The van der Waals surface area contributed by atoms with Crippen molar-refractivity contribution in [2.45, 2.75) is 31.5 Å². The predicted octanol–water partition coefficient (Wildman–Crippen LogP) is 7.43. The number of hydrogen-bond acceptors (Lipinski definition) is 3. The van der Waals surface area contributed by atoms with Gasteiger partial charge >= 0.3 is 18.5 Å². The maximum absolute atomic E-state index is 13.7. The zero-order chi connectivity index (χ0) is 26.5. The van der Waals surface area contributed by atoms with E-state index in [9.17, 15) is 39.5 Å². The second-order valence-corrected chi connectivity index (χ2v) is 7.61. The van der Waals surface area contributed by atoms with E-state index in [4.69, 9.17) is 11.1 Å². The summed E-state index contributed by atoms with van der Waals surface area (Å²) >= 11 is 0. The van der Waals surface area contributed by atoms with Gasteiger partial charge in [-0.25, -0.2) is 4.85 Å². The van der Waals surface area contributed by atoms with Crippen LogP contribution in [0, 0.1) is 6.57 Å². The number of halogens is 9. The molecule has 0 radical (unpaired) electrons. The van der Waals surface area contributed by atoms with Gasteiger partial charge in [0.2, 0.25) is 0 Å². The van der Waals surface area contributed by atoms with Crippen LogP contribution in [0.25, 0.3) is 27.2 Å². The molecule has 0 saturated heterocycles. The number of alkyl halides is 9. The Morgan fingerprint density at radius 1 is 0.917 bits per heavy atom. The van der Waals surface area contributed by atoms with Crippen LogP contribution in [-0.2, 0) is 25.3 Å². The quantitative estimate of drug-likeness (QED) is 0.209. The minimum atomic E-state index is -5.02. The van der Waals surface area contributed by atoms with Gasteiger partial charge < -0.3 is 9.09 Å². The maximum atomic E-state index is 13.7. The molecule has 0 amide bonds. The summed E-state index contributed by atoms with van der Waals surface area (Å²) in [5.74, 6) is -0.651. The number of aromatic nitrogens is 3. The first-order valence-corrected chi connectivity index (χ1v) is 9.84. The van der Waals surface area contributed by atoms with Gasteiger partial charge in [0.25, 0.3) is 5.89 Å². The van der Waals surface area contributed by atoms with Crippen molar-refractivity contribution in [3.8, 4) is 11.5 Å². The number of nitrogens with zero attached hydrogens (tertiary/aromatic N) is 4. The molecule has 0 atom stereocenters. The highest BCUT2D eigenvalue weighted by Crippen LogP contribution is 2.43. The van der Waals surface area contributed by atoms with Crippen LogP contribution in [0.4, 0.5) is 45.2 Å². The van der Waals surface area contributed by atoms with E-state index in [0.29, 0.717) is 6.07 Å². The lowest BCUT2D eigenvalue weighted by atomic mass is 10.1. The van der Waals surface area contributed by atoms with Crippen molar-refractivity contribution in [3.05, 3.63) is 76.5 Å². The van der Waals surface area contributed by atoms with Gasteiger partial charge in [-0.2, -0.15) is 44.5 Å². The minimum absolute atomic E-state index is 0.113. The first kappa shape index (κ1) is 25.1. The number of fused-ring (bicyclic) bond motifs is 1. The monoisotopic (exact) mass is 518 g/mol. The second kappa shape index (κ2) is 8.58. The fraction of sp³-hybridized carbons (Fsp3) is 0.227. The summed E-state index contributed by atoms with van der Waals surface area (Å²) in [5, 5.41) is 2.95. The molecule has 0 fully saturated rings. The average molecular weight is 518 g/mol. The van der Waals surface area contributed by atoms with Crippen LogP contribution in [0.15, 0.2) is 47.0 Å². The van der Waals surface area contributed by atoms with Gasteiger partial charge in [-0.05, 0) is 30.3 Å². The van der Waals surface area contributed by atoms with Gasteiger partial charge in [0, 0.05) is 22.2 Å². The molecule has 5 nitrogen and oxygen atoms in total. The molecule has 0 N–H and O–H groups in total. The number of benzene rings is 2. The number of rotatable bonds is 4. The minimum Gasteiger partial charge on any atom is -0.337 e. The molecule has 14 heteroatoms. The third-order valence-electron chi connectivity index (χ3n) is 5.14. The molecule has 0 aliphatic heterocycles. The van der Waals surface area contributed by atoms with E-state index in [-0.39, 0.29) is 22.8 Å². The SMILES string of the molecule is [C-]#[N+]c1ccc2c(cc(CC(F)(F)F)n2Cc2noc(-c3cccc(C(F)(F)F)c3)n2)c1C(F)(F)F.